The van der Waals surface area contributed by atoms with Crippen molar-refractivity contribution in [3.05, 3.63) is 0 Å². The fraction of sp³-hybridized carbons (Fsp3) is 1.00. The Morgan fingerprint density at radius 2 is 2.08 bits per heavy atom. The smallest absolute Gasteiger partial charge is 0.0647 e. The first-order valence-electron chi connectivity index (χ1n) is 5.89. The summed E-state index contributed by atoms with van der Waals surface area (Å²) in [6.07, 6.45) is 10.1. The van der Waals surface area contributed by atoms with Crippen molar-refractivity contribution in [2.24, 2.45) is 5.92 Å². The molecule has 0 saturated heterocycles. The molecule has 0 spiro atoms. The Hall–Kier alpha value is -0.0400. The molecule has 0 amide bonds. The van der Waals surface area contributed by atoms with Crippen LogP contribution in [0.5, 0.6) is 0 Å². The van der Waals surface area contributed by atoms with E-state index in [1.165, 1.54) is 44.9 Å². The molecule has 0 aromatic carbocycles. The Balaban J connectivity index is 2.14. The molecule has 1 rings (SSSR count). The van der Waals surface area contributed by atoms with Gasteiger partial charge in [0.25, 0.3) is 0 Å². The topological polar surface area (TPSA) is 20.2 Å². The van der Waals surface area contributed by atoms with E-state index < -0.39 is 0 Å². The maximum atomic E-state index is 10.0. The lowest BCUT2D eigenvalue weighted by atomic mass is 9.88. The third kappa shape index (κ3) is 3.30. The average Bonchev–Trinajstić information content (AvgIpc) is 2.40. The molecule has 1 aliphatic rings. The highest BCUT2D eigenvalue weighted by Gasteiger charge is 2.35. The zero-order valence-corrected chi connectivity index (χ0v) is 9.18. The highest BCUT2D eigenvalue weighted by atomic mass is 16.3. The van der Waals surface area contributed by atoms with Crippen molar-refractivity contribution in [3.8, 4) is 0 Å². The van der Waals surface area contributed by atoms with Crippen LogP contribution >= 0.6 is 0 Å². The molecule has 78 valence electrons. The summed E-state index contributed by atoms with van der Waals surface area (Å²) in [4.78, 5) is 0. The SMILES string of the molecule is CCCCCCC1CCCC1(C)O. The van der Waals surface area contributed by atoms with Gasteiger partial charge >= 0.3 is 0 Å². The standard InChI is InChI=1S/C12H24O/c1-3-4-5-6-8-11-9-7-10-12(11,2)13/h11,13H,3-10H2,1-2H3. The number of hydrogen-bond donors (Lipinski definition) is 1. The quantitative estimate of drug-likeness (QED) is 0.648. The molecule has 0 aromatic rings. The number of rotatable bonds is 5. The Morgan fingerprint density at radius 3 is 2.62 bits per heavy atom. The molecule has 2 unspecified atom stereocenters. The molecule has 0 aromatic heterocycles. The van der Waals surface area contributed by atoms with Crippen molar-refractivity contribution in [2.75, 3.05) is 0 Å². The lowest BCUT2D eigenvalue weighted by Gasteiger charge is -2.25. The molecule has 0 heterocycles. The minimum Gasteiger partial charge on any atom is -0.390 e. The zero-order valence-electron chi connectivity index (χ0n) is 9.18. The maximum Gasteiger partial charge on any atom is 0.0647 e. The predicted molar refractivity (Wildman–Crippen MR) is 56.7 cm³/mol. The first-order chi connectivity index (χ1) is 6.17. The van der Waals surface area contributed by atoms with Gasteiger partial charge in [0.2, 0.25) is 0 Å². The summed E-state index contributed by atoms with van der Waals surface area (Å²) < 4.78 is 0. The number of unbranched alkanes of at least 4 members (excludes halogenated alkanes) is 3. The monoisotopic (exact) mass is 184 g/mol. The minimum atomic E-state index is -0.341. The van der Waals surface area contributed by atoms with Gasteiger partial charge < -0.3 is 5.11 Å². The Morgan fingerprint density at radius 1 is 1.31 bits per heavy atom. The Bertz CT molecular complexity index is 140. The van der Waals surface area contributed by atoms with E-state index in [4.69, 9.17) is 0 Å². The lowest BCUT2D eigenvalue weighted by molar-refractivity contribution is 0.0170. The summed E-state index contributed by atoms with van der Waals surface area (Å²) in [5, 5.41) is 10.0. The van der Waals surface area contributed by atoms with E-state index in [2.05, 4.69) is 6.92 Å². The molecule has 1 fully saturated rings. The Kier molecular flexibility index (Phi) is 4.24. The average molecular weight is 184 g/mol. The number of hydrogen-bond acceptors (Lipinski definition) is 1. The van der Waals surface area contributed by atoms with Gasteiger partial charge in [0.1, 0.15) is 0 Å². The lowest BCUT2D eigenvalue weighted by Crippen LogP contribution is -2.28. The maximum absolute atomic E-state index is 10.0. The van der Waals surface area contributed by atoms with Gasteiger partial charge in [-0.05, 0) is 32.1 Å². The minimum absolute atomic E-state index is 0.341. The van der Waals surface area contributed by atoms with E-state index in [1.54, 1.807) is 0 Å². The van der Waals surface area contributed by atoms with Gasteiger partial charge in [-0.15, -0.1) is 0 Å². The summed E-state index contributed by atoms with van der Waals surface area (Å²) in [5.41, 5.74) is -0.341. The van der Waals surface area contributed by atoms with Crippen molar-refractivity contribution in [2.45, 2.75) is 70.8 Å². The fourth-order valence-corrected chi connectivity index (χ4v) is 2.49. The first-order valence-corrected chi connectivity index (χ1v) is 5.89. The van der Waals surface area contributed by atoms with Crippen molar-refractivity contribution in [1.29, 1.82) is 0 Å². The van der Waals surface area contributed by atoms with Gasteiger partial charge in [0.05, 0.1) is 5.60 Å². The summed E-state index contributed by atoms with van der Waals surface area (Å²) in [6, 6.07) is 0. The van der Waals surface area contributed by atoms with Crippen LogP contribution in [-0.2, 0) is 0 Å². The summed E-state index contributed by atoms with van der Waals surface area (Å²) in [7, 11) is 0. The zero-order chi connectivity index (χ0) is 9.73. The summed E-state index contributed by atoms with van der Waals surface area (Å²) in [5.74, 6) is 0.587. The molecule has 0 radical (unpaired) electrons. The summed E-state index contributed by atoms with van der Waals surface area (Å²) in [6.45, 7) is 4.26. The molecule has 2 atom stereocenters. The molecule has 1 saturated carbocycles. The molecule has 13 heavy (non-hydrogen) atoms. The molecule has 1 nitrogen and oxygen atoms in total. The van der Waals surface area contributed by atoms with Crippen LogP contribution in [-0.4, -0.2) is 10.7 Å². The molecular formula is C12H24O. The first kappa shape index (κ1) is 11.0. The van der Waals surface area contributed by atoms with Crippen molar-refractivity contribution in [3.63, 3.8) is 0 Å². The Labute approximate surface area is 82.5 Å². The van der Waals surface area contributed by atoms with Gasteiger partial charge in [-0.25, -0.2) is 0 Å². The van der Waals surface area contributed by atoms with Crippen LogP contribution in [0.4, 0.5) is 0 Å². The largest absolute Gasteiger partial charge is 0.390 e. The van der Waals surface area contributed by atoms with Crippen molar-refractivity contribution >= 4 is 0 Å². The van der Waals surface area contributed by atoms with E-state index in [9.17, 15) is 5.11 Å². The van der Waals surface area contributed by atoms with Gasteiger partial charge in [0.15, 0.2) is 0 Å². The summed E-state index contributed by atoms with van der Waals surface area (Å²) >= 11 is 0. The fourth-order valence-electron chi connectivity index (χ4n) is 2.49. The molecule has 1 heteroatoms. The number of aliphatic hydroxyl groups is 1. The molecule has 1 aliphatic carbocycles. The van der Waals surface area contributed by atoms with Crippen LogP contribution < -0.4 is 0 Å². The van der Waals surface area contributed by atoms with Crippen LogP contribution in [0, 0.1) is 5.92 Å². The van der Waals surface area contributed by atoms with Crippen LogP contribution in [0.3, 0.4) is 0 Å². The highest BCUT2D eigenvalue weighted by molar-refractivity contribution is 4.87. The van der Waals surface area contributed by atoms with Crippen molar-refractivity contribution in [1.82, 2.24) is 0 Å². The van der Waals surface area contributed by atoms with Gasteiger partial charge in [0, 0.05) is 0 Å². The van der Waals surface area contributed by atoms with E-state index in [0.29, 0.717) is 5.92 Å². The van der Waals surface area contributed by atoms with Crippen LogP contribution in [0.15, 0.2) is 0 Å². The highest BCUT2D eigenvalue weighted by Crippen LogP contribution is 2.38. The third-order valence-corrected chi connectivity index (χ3v) is 3.52. The van der Waals surface area contributed by atoms with E-state index >= 15 is 0 Å². The second-order valence-electron chi connectivity index (χ2n) is 4.80. The molecule has 0 bridgehead atoms. The van der Waals surface area contributed by atoms with Gasteiger partial charge in [-0.1, -0.05) is 39.0 Å². The second-order valence-corrected chi connectivity index (χ2v) is 4.80. The van der Waals surface area contributed by atoms with E-state index in [-0.39, 0.29) is 5.60 Å². The molecular weight excluding hydrogens is 160 g/mol. The van der Waals surface area contributed by atoms with Gasteiger partial charge in [-0.2, -0.15) is 0 Å². The van der Waals surface area contributed by atoms with Crippen molar-refractivity contribution < 1.29 is 5.11 Å². The molecule has 0 aliphatic heterocycles. The van der Waals surface area contributed by atoms with Crippen LogP contribution in [0.25, 0.3) is 0 Å². The third-order valence-electron chi connectivity index (χ3n) is 3.52. The molecule has 1 N–H and O–H groups in total. The predicted octanol–water partition coefficient (Wildman–Crippen LogP) is 3.51. The van der Waals surface area contributed by atoms with Crippen LogP contribution in [0.1, 0.15) is 65.2 Å². The normalized spacial score (nSPS) is 33.9. The second kappa shape index (κ2) is 4.99. The van der Waals surface area contributed by atoms with Crippen LogP contribution in [0.2, 0.25) is 0 Å². The van der Waals surface area contributed by atoms with E-state index in [0.717, 1.165) is 6.42 Å². The van der Waals surface area contributed by atoms with Gasteiger partial charge in [-0.3, -0.25) is 0 Å². The van der Waals surface area contributed by atoms with E-state index in [1.807, 2.05) is 6.92 Å².